The number of likely N-dealkylation sites (N-methyl/N-ethyl adjacent to an activating group) is 1. The molecule has 1 rings (SSSR count). The summed E-state index contributed by atoms with van der Waals surface area (Å²) in [6.07, 6.45) is 0. The Balaban J connectivity index is 2.68. The predicted molar refractivity (Wildman–Crippen MR) is 57.1 cm³/mol. The van der Waals surface area contributed by atoms with Gasteiger partial charge in [0.25, 0.3) is 0 Å². The minimum absolute atomic E-state index is 0.0390. The molecule has 16 heavy (non-hydrogen) atoms. The van der Waals surface area contributed by atoms with Crippen LogP contribution in [0.5, 0.6) is 5.75 Å². The van der Waals surface area contributed by atoms with E-state index < -0.39 is 10.7 Å². The van der Waals surface area contributed by atoms with E-state index in [2.05, 4.69) is 5.32 Å². The van der Waals surface area contributed by atoms with Crippen molar-refractivity contribution in [1.29, 1.82) is 0 Å². The number of nitro groups is 1. The first kappa shape index (κ1) is 12.4. The molecule has 0 unspecified atom stereocenters. The summed E-state index contributed by atoms with van der Waals surface area (Å²) in [6, 6.07) is 3.15. The fraction of sp³-hybridized carbons (Fsp3) is 0.400. The van der Waals surface area contributed by atoms with Gasteiger partial charge in [-0.25, -0.2) is 4.39 Å². The van der Waals surface area contributed by atoms with E-state index in [0.717, 1.165) is 24.7 Å². The van der Waals surface area contributed by atoms with Crippen molar-refractivity contribution in [3.05, 3.63) is 34.1 Å². The molecule has 0 aromatic heterocycles. The molecule has 1 aromatic carbocycles. The number of halogens is 1. The van der Waals surface area contributed by atoms with Crippen molar-refractivity contribution in [2.24, 2.45) is 0 Å². The van der Waals surface area contributed by atoms with E-state index in [-0.39, 0.29) is 18.0 Å². The van der Waals surface area contributed by atoms with Gasteiger partial charge in [0.05, 0.1) is 4.92 Å². The molecule has 1 aromatic rings. The maximum absolute atomic E-state index is 12.9. The first-order valence-electron chi connectivity index (χ1n) is 4.92. The van der Waals surface area contributed by atoms with Crippen molar-refractivity contribution < 1.29 is 14.1 Å². The maximum Gasteiger partial charge on any atom is 0.311 e. The Kier molecular flexibility index (Phi) is 4.65. The molecule has 0 radical (unpaired) electrons. The second-order valence-corrected chi connectivity index (χ2v) is 3.07. The van der Waals surface area contributed by atoms with Gasteiger partial charge in [0, 0.05) is 18.7 Å². The molecule has 0 fully saturated rings. The standard InChI is InChI=1S/C10H13FN2O3/c1-2-12-5-6-16-10-7-8(11)3-4-9(10)13(14)15/h3-4,7,12H,2,5-6H2,1H3. The largest absolute Gasteiger partial charge is 0.485 e. The molecule has 0 spiro atoms. The van der Waals surface area contributed by atoms with E-state index in [1.165, 1.54) is 0 Å². The Morgan fingerprint density at radius 3 is 2.94 bits per heavy atom. The lowest BCUT2D eigenvalue weighted by Gasteiger charge is -2.06. The van der Waals surface area contributed by atoms with E-state index in [0.29, 0.717) is 6.54 Å². The van der Waals surface area contributed by atoms with Gasteiger partial charge in [-0.05, 0) is 12.6 Å². The van der Waals surface area contributed by atoms with Crippen molar-refractivity contribution in [1.82, 2.24) is 5.32 Å². The van der Waals surface area contributed by atoms with Crippen molar-refractivity contribution in [2.45, 2.75) is 6.92 Å². The van der Waals surface area contributed by atoms with Gasteiger partial charge in [-0.15, -0.1) is 0 Å². The van der Waals surface area contributed by atoms with Gasteiger partial charge in [0.2, 0.25) is 0 Å². The Bertz CT molecular complexity index is 371. The van der Waals surface area contributed by atoms with Crippen LogP contribution in [0, 0.1) is 15.9 Å². The normalized spacial score (nSPS) is 10.1. The molecule has 0 saturated heterocycles. The van der Waals surface area contributed by atoms with Crippen LogP contribution in [0.2, 0.25) is 0 Å². The maximum atomic E-state index is 12.9. The lowest BCUT2D eigenvalue weighted by Crippen LogP contribution is -2.20. The first-order chi connectivity index (χ1) is 7.65. The van der Waals surface area contributed by atoms with Crippen LogP contribution in [-0.4, -0.2) is 24.6 Å². The molecule has 88 valence electrons. The summed E-state index contributed by atoms with van der Waals surface area (Å²) < 4.78 is 18.0. The molecule has 0 aliphatic heterocycles. The number of nitrogens with zero attached hydrogens (tertiary/aromatic N) is 1. The minimum Gasteiger partial charge on any atom is -0.485 e. The lowest BCUT2D eigenvalue weighted by atomic mass is 10.3. The van der Waals surface area contributed by atoms with E-state index in [1.54, 1.807) is 0 Å². The van der Waals surface area contributed by atoms with Crippen LogP contribution >= 0.6 is 0 Å². The summed E-state index contributed by atoms with van der Waals surface area (Å²) in [5.41, 5.74) is -0.224. The second kappa shape index (κ2) is 6.02. The third kappa shape index (κ3) is 3.47. The van der Waals surface area contributed by atoms with Gasteiger partial charge >= 0.3 is 5.69 Å². The molecule has 6 heteroatoms. The van der Waals surface area contributed by atoms with Crippen molar-refractivity contribution in [2.75, 3.05) is 19.7 Å². The summed E-state index contributed by atoms with van der Waals surface area (Å²) in [7, 11) is 0. The summed E-state index contributed by atoms with van der Waals surface area (Å²) in [6.45, 7) is 3.54. The summed E-state index contributed by atoms with van der Waals surface area (Å²) in [5.74, 6) is -0.591. The molecule has 0 atom stereocenters. The van der Waals surface area contributed by atoms with Crippen LogP contribution in [0.15, 0.2) is 18.2 Å². The third-order valence-electron chi connectivity index (χ3n) is 1.90. The predicted octanol–water partition coefficient (Wildman–Crippen LogP) is 1.72. The molecular formula is C10H13FN2O3. The quantitative estimate of drug-likeness (QED) is 0.457. The van der Waals surface area contributed by atoms with Crippen LogP contribution in [-0.2, 0) is 0 Å². The molecule has 0 heterocycles. The molecule has 0 bridgehead atoms. The van der Waals surface area contributed by atoms with Gasteiger partial charge in [-0.1, -0.05) is 6.92 Å². The van der Waals surface area contributed by atoms with Crippen LogP contribution in [0.1, 0.15) is 6.92 Å². The highest BCUT2D eigenvalue weighted by Crippen LogP contribution is 2.27. The Morgan fingerprint density at radius 1 is 1.56 bits per heavy atom. The number of hydrogen-bond donors (Lipinski definition) is 1. The number of ether oxygens (including phenoxy) is 1. The van der Waals surface area contributed by atoms with Gasteiger partial charge in [-0.3, -0.25) is 10.1 Å². The number of benzene rings is 1. The lowest BCUT2D eigenvalue weighted by molar-refractivity contribution is -0.385. The highest BCUT2D eigenvalue weighted by molar-refractivity contribution is 5.46. The van der Waals surface area contributed by atoms with Gasteiger partial charge in [-0.2, -0.15) is 0 Å². The SMILES string of the molecule is CCNCCOc1cc(F)ccc1[N+](=O)[O-]. The highest BCUT2D eigenvalue weighted by Gasteiger charge is 2.15. The summed E-state index contributed by atoms with van der Waals surface area (Å²) in [4.78, 5) is 10.0. The topological polar surface area (TPSA) is 64.4 Å². The summed E-state index contributed by atoms with van der Waals surface area (Å²) in [5, 5.41) is 13.6. The Labute approximate surface area is 92.4 Å². The van der Waals surface area contributed by atoms with Gasteiger partial charge < -0.3 is 10.1 Å². The second-order valence-electron chi connectivity index (χ2n) is 3.07. The fourth-order valence-electron chi connectivity index (χ4n) is 1.16. The summed E-state index contributed by atoms with van der Waals surface area (Å²) >= 11 is 0. The third-order valence-corrected chi connectivity index (χ3v) is 1.90. The van der Waals surface area contributed by atoms with Crippen molar-refractivity contribution >= 4 is 5.69 Å². The van der Waals surface area contributed by atoms with E-state index in [4.69, 9.17) is 4.74 Å². The molecule has 0 saturated carbocycles. The smallest absolute Gasteiger partial charge is 0.311 e. The molecule has 0 aliphatic rings. The number of rotatable bonds is 6. The zero-order valence-electron chi connectivity index (χ0n) is 8.90. The number of hydrogen-bond acceptors (Lipinski definition) is 4. The highest BCUT2D eigenvalue weighted by atomic mass is 19.1. The minimum atomic E-state index is -0.595. The van der Waals surface area contributed by atoms with Crippen LogP contribution in [0.3, 0.4) is 0 Å². The number of nitrogens with one attached hydrogen (secondary N) is 1. The van der Waals surface area contributed by atoms with Crippen LogP contribution in [0.25, 0.3) is 0 Å². The van der Waals surface area contributed by atoms with E-state index in [1.807, 2.05) is 6.92 Å². The van der Waals surface area contributed by atoms with Crippen molar-refractivity contribution in [3.8, 4) is 5.75 Å². The van der Waals surface area contributed by atoms with Gasteiger partial charge in [0.15, 0.2) is 5.75 Å². The van der Waals surface area contributed by atoms with E-state index >= 15 is 0 Å². The monoisotopic (exact) mass is 228 g/mol. The van der Waals surface area contributed by atoms with Crippen molar-refractivity contribution in [3.63, 3.8) is 0 Å². The molecule has 1 N–H and O–H groups in total. The van der Waals surface area contributed by atoms with Crippen LogP contribution in [0.4, 0.5) is 10.1 Å². The van der Waals surface area contributed by atoms with Crippen LogP contribution < -0.4 is 10.1 Å². The Morgan fingerprint density at radius 2 is 2.31 bits per heavy atom. The van der Waals surface area contributed by atoms with E-state index in [9.17, 15) is 14.5 Å². The first-order valence-corrected chi connectivity index (χ1v) is 4.92. The Hall–Kier alpha value is -1.69. The molecular weight excluding hydrogens is 215 g/mol. The molecule has 0 aliphatic carbocycles. The zero-order valence-corrected chi connectivity index (χ0v) is 8.90. The molecule has 5 nitrogen and oxygen atoms in total. The zero-order chi connectivity index (χ0) is 12.0. The fourth-order valence-corrected chi connectivity index (χ4v) is 1.16. The number of nitro benzene ring substituents is 1. The average Bonchev–Trinajstić information content (AvgIpc) is 2.24. The molecule has 0 amide bonds. The average molecular weight is 228 g/mol. The van der Waals surface area contributed by atoms with Gasteiger partial charge in [0.1, 0.15) is 12.4 Å².